The Kier molecular flexibility index (Phi) is 24.4. The van der Waals surface area contributed by atoms with E-state index in [9.17, 15) is 9.59 Å². The van der Waals surface area contributed by atoms with Crippen LogP contribution in [0.3, 0.4) is 0 Å². The van der Waals surface area contributed by atoms with Crippen LogP contribution in [0.2, 0.25) is 0 Å². The number of rotatable bonds is 16. The molecule has 0 aromatic heterocycles. The summed E-state index contributed by atoms with van der Waals surface area (Å²) >= 11 is 3.34. The highest BCUT2D eigenvalue weighted by atomic mass is 32.2. The van der Waals surface area contributed by atoms with Gasteiger partial charge in [0.2, 0.25) is 0 Å². The van der Waals surface area contributed by atoms with E-state index in [-0.39, 0.29) is 11.9 Å². The molecule has 0 unspecified atom stereocenters. The van der Waals surface area contributed by atoms with Crippen LogP contribution in [-0.4, -0.2) is 49.2 Å². The van der Waals surface area contributed by atoms with Crippen LogP contribution in [-0.2, 0) is 19.1 Å². The van der Waals surface area contributed by atoms with Crippen LogP contribution < -0.4 is 0 Å². The highest BCUT2D eigenvalue weighted by molar-refractivity contribution is 8.00. The molecule has 0 amide bonds. The van der Waals surface area contributed by atoms with Gasteiger partial charge in [0, 0.05) is 0 Å². The number of methoxy groups -OCH3 is 2. The van der Waals surface area contributed by atoms with E-state index in [0.717, 1.165) is 23.3 Å². The van der Waals surface area contributed by atoms with E-state index in [1.807, 2.05) is 0 Å². The topological polar surface area (TPSA) is 52.6 Å². The molecule has 0 aliphatic carbocycles. The zero-order chi connectivity index (χ0) is 21.6. The number of carbonyl (C=O) groups is 2. The average Bonchev–Trinajstić information content (AvgIpc) is 2.66. The lowest BCUT2D eigenvalue weighted by Gasteiger charge is -2.03. The predicted octanol–water partition coefficient (Wildman–Crippen LogP) is 6.22. The van der Waals surface area contributed by atoms with E-state index >= 15 is 0 Å². The van der Waals surface area contributed by atoms with Crippen molar-refractivity contribution in [2.75, 3.05) is 37.2 Å². The van der Waals surface area contributed by atoms with Crippen molar-refractivity contribution >= 4 is 35.5 Å². The van der Waals surface area contributed by atoms with E-state index in [0.29, 0.717) is 11.5 Å². The van der Waals surface area contributed by atoms with Crippen molar-refractivity contribution < 1.29 is 19.1 Å². The highest BCUT2D eigenvalue weighted by Gasteiger charge is 2.00. The van der Waals surface area contributed by atoms with Gasteiger partial charge in [-0.05, 0) is 36.2 Å². The first-order chi connectivity index (χ1) is 13.3. The van der Waals surface area contributed by atoms with Gasteiger partial charge in [-0.15, -0.1) is 0 Å². The van der Waals surface area contributed by atoms with Crippen LogP contribution in [0.25, 0.3) is 0 Å². The molecule has 0 fully saturated rings. The Morgan fingerprint density at radius 2 is 1.00 bits per heavy atom. The lowest BCUT2D eigenvalue weighted by Crippen LogP contribution is -2.03. The van der Waals surface area contributed by atoms with Crippen molar-refractivity contribution in [3.8, 4) is 0 Å². The molecule has 4 nitrogen and oxygen atoms in total. The summed E-state index contributed by atoms with van der Waals surface area (Å²) in [5.41, 5.74) is 0. The smallest absolute Gasteiger partial charge is 0.315 e. The minimum atomic E-state index is -0.114. The average molecular weight is 437 g/mol. The maximum atomic E-state index is 10.7. The molecule has 0 saturated carbocycles. The van der Waals surface area contributed by atoms with Crippen LogP contribution in [0.4, 0.5) is 0 Å². The maximum Gasteiger partial charge on any atom is 0.315 e. The molecular formula is C22H44O4S2. The molecule has 0 heterocycles. The van der Waals surface area contributed by atoms with Gasteiger partial charge in [-0.25, -0.2) is 0 Å². The van der Waals surface area contributed by atoms with Crippen LogP contribution in [0.15, 0.2) is 0 Å². The molecule has 0 aromatic carbocycles. The first kappa shape index (κ1) is 29.8. The summed E-state index contributed by atoms with van der Waals surface area (Å²) in [7, 11) is 2.87. The first-order valence-electron chi connectivity index (χ1n) is 10.6. The maximum absolute atomic E-state index is 10.7. The molecule has 0 spiro atoms. The number of unbranched alkanes of at least 4 members (excludes halogenated alkanes) is 4. The minimum absolute atomic E-state index is 0.114. The Morgan fingerprint density at radius 3 is 1.29 bits per heavy atom. The number of esters is 2. The molecule has 168 valence electrons. The fraction of sp³-hybridized carbons (Fsp3) is 0.909. The Hall–Kier alpha value is -0.360. The van der Waals surface area contributed by atoms with Crippen LogP contribution >= 0.6 is 23.5 Å². The molecule has 6 heteroatoms. The standard InChI is InChI=1S/2C11H22O2S/c2*1-10(2)7-5-4-6-8-14-9-11(12)13-3/h2*10H,4-9H2,1-3H3. The SMILES string of the molecule is COC(=O)CSCCCCCC(C)C.COC(=O)CSCCCCCC(C)C. The van der Waals surface area contributed by atoms with Gasteiger partial charge < -0.3 is 9.47 Å². The monoisotopic (exact) mass is 436 g/mol. The fourth-order valence-corrected chi connectivity index (χ4v) is 3.97. The number of thioether (sulfide) groups is 2. The molecule has 0 aromatic rings. The van der Waals surface area contributed by atoms with Crippen LogP contribution in [0, 0.1) is 11.8 Å². The second kappa shape index (κ2) is 22.9. The van der Waals surface area contributed by atoms with Gasteiger partial charge in [0.25, 0.3) is 0 Å². The van der Waals surface area contributed by atoms with E-state index in [1.165, 1.54) is 65.6 Å². The van der Waals surface area contributed by atoms with Gasteiger partial charge in [0.15, 0.2) is 0 Å². The summed E-state index contributed by atoms with van der Waals surface area (Å²) in [5.74, 6) is 4.56. The van der Waals surface area contributed by atoms with Crippen molar-refractivity contribution in [3.05, 3.63) is 0 Å². The number of ether oxygens (including phenoxy) is 2. The summed E-state index contributed by atoms with van der Waals surface area (Å²) in [6.07, 6.45) is 10.3. The predicted molar refractivity (Wildman–Crippen MR) is 125 cm³/mol. The van der Waals surface area contributed by atoms with Crippen molar-refractivity contribution in [2.24, 2.45) is 11.8 Å². The summed E-state index contributed by atoms with van der Waals surface area (Å²) in [6.45, 7) is 9.02. The largest absolute Gasteiger partial charge is 0.468 e. The third kappa shape index (κ3) is 27.9. The third-order valence-electron chi connectivity index (χ3n) is 4.04. The third-order valence-corrected chi connectivity index (χ3v) is 6.07. The Bertz CT molecular complexity index is 326. The molecule has 28 heavy (non-hydrogen) atoms. The van der Waals surface area contributed by atoms with Gasteiger partial charge in [0.1, 0.15) is 0 Å². The highest BCUT2D eigenvalue weighted by Crippen LogP contribution is 2.12. The van der Waals surface area contributed by atoms with Gasteiger partial charge in [-0.2, -0.15) is 23.5 Å². The summed E-state index contributed by atoms with van der Waals surface area (Å²) in [4.78, 5) is 21.5. The van der Waals surface area contributed by atoms with E-state index in [4.69, 9.17) is 0 Å². The fourth-order valence-electron chi connectivity index (χ4n) is 2.30. The second-order valence-corrected chi connectivity index (χ2v) is 9.95. The quantitative estimate of drug-likeness (QED) is 0.211. The first-order valence-corrected chi connectivity index (χ1v) is 12.9. The van der Waals surface area contributed by atoms with Gasteiger partial charge in [-0.3, -0.25) is 9.59 Å². The van der Waals surface area contributed by atoms with E-state index in [1.54, 1.807) is 23.5 Å². The number of hydrogen-bond donors (Lipinski definition) is 0. The zero-order valence-corrected chi connectivity index (χ0v) is 20.7. The van der Waals surface area contributed by atoms with Gasteiger partial charge >= 0.3 is 11.9 Å². The molecule has 0 bridgehead atoms. The molecule has 0 aliphatic heterocycles. The Morgan fingerprint density at radius 1 is 0.643 bits per heavy atom. The van der Waals surface area contributed by atoms with Crippen molar-refractivity contribution in [3.63, 3.8) is 0 Å². The van der Waals surface area contributed by atoms with Crippen LogP contribution in [0.5, 0.6) is 0 Å². The lowest BCUT2D eigenvalue weighted by molar-refractivity contribution is -0.138. The Labute approximate surface area is 182 Å². The molecule has 0 rings (SSSR count). The molecular weight excluding hydrogens is 392 g/mol. The second-order valence-electron chi connectivity index (χ2n) is 7.74. The molecule has 0 aliphatic rings. The van der Waals surface area contributed by atoms with Crippen LogP contribution in [0.1, 0.15) is 79.1 Å². The summed E-state index contributed by atoms with van der Waals surface area (Å²) < 4.78 is 9.10. The van der Waals surface area contributed by atoms with E-state index in [2.05, 4.69) is 37.2 Å². The molecule has 0 radical (unpaired) electrons. The zero-order valence-electron chi connectivity index (χ0n) is 19.1. The van der Waals surface area contributed by atoms with Crippen molar-refractivity contribution in [2.45, 2.75) is 79.1 Å². The summed E-state index contributed by atoms with van der Waals surface area (Å²) in [6, 6.07) is 0. The Balaban J connectivity index is 0. The normalized spacial score (nSPS) is 10.6. The lowest BCUT2D eigenvalue weighted by atomic mass is 10.1. The number of hydrogen-bond acceptors (Lipinski definition) is 6. The van der Waals surface area contributed by atoms with Crippen molar-refractivity contribution in [1.29, 1.82) is 0 Å². The van der Waals surface area contributed by atoms with Gasteiger partial charge in [-0.1, -0.05) is 66.2 Å². The number of carbonyl (C=O) groups excluding carboxylic acids is 2. The van der Waals surface area contributed by atoms with E-state index < -0.39 is 0 Å². The minimum Gasteiger partial charge on any atom is -0.468 e. The molecule has 0 N–H and O–H groups in total. The summed E-state index contributed by atoms with van der Waals surface area (Å²) in [5, 5.41) is 0. The molecule has 0 saturated heterocycles. The molecule has 0 atom stereocenters. The van der Waals surface area contributed by atoms with Crippen molar-refractivity contribution in [1.82, 2.24) is 0 Å². The van der Waals surface area contributed by atoms with Gasteiger partial charge in [0.05, 0.1) is 25.7 Å².